The second kappa shape index (κ2) is 4.81. The van der Waals surface area contributed by atoms with Crippen LogP contribution in [-0.2, 0) is 4.74 Å². The van der Waals surface area contributed by atoms with Crippen molar-refractivity contribution in [3.05, 3.63) is 0 Å². The van der Waals surface area contributed by atoms with Gasteiger partial charge in [0.05, 0.1) is 0 Å². The monoisotopic (exact) mass is 167 g/mol. The van der Waals surface area contributed by atoms with Crippen LogP contribution in [0.15, 0.2) is 0 Å². The fourth-order valence-electron chi connectivity index (χ4n) is 0.297. The number of thiol groups is 2. The minimum absolute atomic E-state index is 0.269. The van der Waals surface area contributed by atoms with Gasteiger partial charge in [-0.05, 0) is 0 Å². The van der Waals surface area contributed by atoms with Gasteiger partial charge in [0.1, 0.15) is 6.10 Å². The fraction of sp³-hybridized carbons (Fsp3) is 0.750. The van der Waals surface area contributed by atoms with Crippen molar-refractivity contribution in [3.8, 4) is 0 Å². The first-order valence-corrected chi connectivity index (χ1v) is 3.65. The van der Waals surface area contributed by atoms with Crippen molar-refractivity contribution in [2.75, 3.05) is 11.5 Å². The zero-order valence-electron chi connectivity index (χ0n) is 4.78. The molecular formula is C4H9NO2S2. The van der Waals surface area contributed by atoms with Crippen molar-refractivity contribution in [1.29, 1.82) is 0 Å². The van der Waals surface area contributed by atoms with Crippen LogP contribution in [0.2, 0.25) is 0 Å². The maximum absolute atomic E-state index is 10.1. The Balaban J connectivity index is 3.43. The largest absolute Gasteiger partial charge is 0.445 e. The third-order valence-electron chi connectivity index (χ3n) is 0.690. The zero-order chi connectivity index (χ0) is 7.28. The molecule has 9 heavy (non-hydrogen) atoms. The quantitative estimate of drug-likeness (QED) is 0.530. The van der Waals surface area contributed by atoms with Crippen LogP contribution in [0.4, 0.5) is 4.79 Å². The second-order valence-electron chi connectivity index (χ2n) is 1.42. The van der Waals surface area contributed by atoms with Crippen LogP contribution in [0, 0.1) is 0 Å². The van der Waals surface area contributed by atoms with Gasteiger partial charge in [-0.3, -0.25) is 0 Å². The molecule has 54 valence electrons. The molecule has 0 aromatic rings. The number of rotatable bonds is 3. The Kier molecular flexibility index (Phi) is 4.80. The van der Waals surface area contributed by atoms with E-state index in [9.17, 15) is 4.79 Å². The highest BCUT2D eigenvalue weighted by Gasteiger charge is 2.06. The molecule has 0 radical (unpaired) electrons. The molecule has 0 aliphatic heterocycles. The standard InChI is InChI=1S/C4H9NO2S2/c5-4(6)7-3(1-8)2-9/h3,8-9H,1-2H2,(H2,5,6). The van der Waals surface area contributed by atoms with E-state index in [4.69, 9.17) is 5.73 Å². The SMILES string of the molecule is NC(=O)OC(CS)CS. The van der Waals surface area contributed by atoms with E-state index in [0.717, 1.165) is 0 Å². The normalized spacial score (nSPS) is 9.67. The predicted octanol–water partition coefficient (Wildman–Crippen LogP) is 0.310. The third-order valence-corrected chi connectivity index (χ3v) is 1.50. The number of carbonyl (C=O) groups excluding carboxylic acids is 1. The van der Waals surface area contributed by atoms with Crippen molar-refractivity contribution in [2.24, 2.45) is 5.73 Å². The van der Waals surface area contributed by atoms with Gasteiger partial charge >= 0.3 is 6.09 Å². The number of amides is 1. The minimum Gasteiger partial charge on any atom is -0.445 e. The summed E-state index contributed by atoms with van der Waals surface area (Å²) in [5.41, 5.74) is 4.72. The molecule has 0 aliphatic carbocycles. The number of nitrogens with two attached hydrogens (primary N) is 1. The summed E-state index contributed by atoms with van der Waals surface area (Å²) in [4.78, 5) is 10.1. The molecular weight excluding hydrogens is 158 g/mol. The van der Waals surface area contributed by atoms with E-state index >= 15 is 0 Å². The van der Waals surface area contributed by atoms with Gasteiger partial charge in [0.15, 0.2) is 0 Å². The Hall–Kier alpha value is -0.0300. The molecule has 3 nitrogen and oxygen atoms in total. The Morgan fingerprint density at radius 3 is 2.11 bits per heavy atom. The molecule has 0 saturated carbocycles. The summed E-state index contributed by atoms with van der Waals surface area (Å²) in [6, 6.07) is 0. The van der Waals surface area contributed by atoms with Crippen LogP contribution >= 0.6 is 25.3 Å². The predicted molar refractivity (Wildman–Crippen MR) is 42.2 cm³/mol. The Morgan fingerprint density at radius 1 is 1.56 bits per heavy atom. The number of hydrogen-bond acceptors (Lipinski definition) is 4. The molecule has 0 spiro atoms. The van der Waals surface area contributed by atoms with Crippen molar-refractivity contribution in [1.82, 2.24) is 0 Å². The Morgan fingerprint density at radius 2 is 2.00 bits per heavy atom. The lowest BCUT2D eigenvalue weighted by atomic mass is 10.5. The molecule has 0 rings (SSSR count). The van der Waals surface area contributed by atoms with Crippen molar-refractivity contribution < 1.29 is 9.53 Å². The number of primary amides is 1. The van der Waals surface area contributed by atoms with Gasteiger partial charge in [0, 0.05) is 11.5 Å². The molecule has 2 N–H and O–H groups in total. The molecule has 0 aromatic heterocycles. The zero-order valence-corrected chi connectivity index (χ0v) is 6.57. The lowest BCUT2D eigenvalue weighted by molar-refractivity contribution is 0.130. The van der Waals surface area contributed by atoms with Crippen LogP contribution < -0.4 is 5.73 Å². The molecule has 0 bridgehead atoms. The fourth-order valence-corrected chi connectivity index (χ4v) is 0.907. The third kappa shape index (κ3) is 4.47. The Labute approximate surface area is 64.8 Å². The van der Waals surface area contributed by atoms with E-state index in [1.165, 1.54) is 0 Å². The molecule has 0 saturated heterocycles. The summed E-state index contributed by atoms with van der Waals surface area (Å²) in [5.74, 6) is 0.902. The molecule has 0 fully saturated rings. The Bertz CT molecular complexity index is 94.6. The van der Waals surface area contributed by atoms with Gasteiger partial charge < -0.3 is 10.5 Å². The summed E-state index contributed by atoms with van der Waals surface area (Å²) in [6.07, 6.45) is -1.04. The van der Waals surface area contributed by atoms with E-state index in [2.05, 4.69) is 30.0 Å². The van der Waals surface area contributed by atoms with Crippen LogP contribution in [0.1, 0.15) is 0 Å². The molecule has 0 atom stereocenters. The number of ether oxygens (including phenoxy) is 1. The van der Waals surface area contributed by atoms with Gasteiger partial charge in [-0.1, -0.05) is 0 Å². The van der Waals surface area contributed by atoms with Gasteiger partial charge in [-0.2, -0.15) is 25.3 Å². The van der Waals surface area contributed by atoms with Gasteiger partial charge in [-0.25, -0.2) is 4.79 Å². The lowest BCUT2D eigenvalue weighted by Gasteiger charge is -2.09. The molecule has 0 heterocycles. The topological polar surface area (TPSA) is 52.3 Å². The van der Waals surface area contributed by atoms with Crippen LogP contribution in [-0.4, -0.2) is 23.7 Å². The molecule has 5 heteroatoms. The summed E-state index contributed by atoms with van der Waals surface area (Å²) < 4.78 is 4.53. The average molecular weight is 167 g/mol. The van der Waals surface area contributed by atoms with Crippen LogP contribution in [0.3, 0.4) is 0 Å². The summed E-state index contributed by atoms with van der Waals surface area (Å²) >= 11 is 7.78. The molecule has 0 unspecified atom stereocenters. The first kappa shape index (κ1) is 8.97. The van der Waals surface area contributed by atoms with Gasteiger partial charge in [-0.15, -0.1) is 0 Å². The van der Waals surface area contributed by atoms with Crippen molar-refractivity contribution >= 4 is 31.4 Å². The van der Waals surface area contributed by atoms with Gasteiger partial charge in [0.2, 0.25) is 0 Å². The maximum atomic E-state index is 10.1. The molecule has 0 aromatic carbocycles. The summed E-state index contributed by atoms with van der Waals surface area (Å²) in [6.45, 7) is 0. The highest BCUT2D eigenvalue weighted by Crippen LogP contribution is 1.96. The van der Waals surface area contributed by atoms with Crippen LogP contribution in [0.5, 0.6) is 0 Å². The van der Waals surface area contributed by atoms with E-state index in [-0.39, 0.29) is 6.10 Å². The maximum Gasteiger partial charge on any atom is 0.404 e. The van der Waals surface area contributed by atoms with Crippen LogP contribution in [0.25, 0.3) is 0 Å². The molecule has 1 amide bonds. The van der Waals surface area contributed by atoms with E-state index < -0.39 is 6.09 Å². The smallest absolute Gasteiger partial charge is 0.404 e. The highest BCUT2D eigenvalue weighted by atomic mass is 32.1. The number of hydrogen-bond donors (Lipinski definition) is 3. The minimum atomic E-state index is -0.775. The first-order chi connectivity index (χ1) is 4.20. The first-order valence-electron chi connectivity index (χ1n) is 2.38. The van der Waals surface area contributed by atoms with E-state index in [1.54, 1.807) is 0 Å². The van der Waals surface area contributed by atoms with E-state index in [0.29, 0.717) is 11.5 Å². The lowest BCUT2D eigenvalue weighted by Crippen LogP contribution is -2.25. The average Bonchev–Trinajstić information content (AvgIpc) is 1.82. The second-order valence-corrected chi connectivity index (χ2v) is 2.15. The van der Waals surface area contributed by atoms with E-state index in [1.807, 2.05) is 0 Å². The summed E-state index contributed by atoms with van der Waals surface area (Å²) in [7, 11) is 0. The highest BCUT2D eigenvalue weighted by molar-refractivity contribution is 7.81. The van der Waals surface area contributed by atoms with Crippen molar-refractivity contribution in [3.63, 3.8) is 0 Å². The molecule has 0 aliphatic rings. The van der Waals surface area contributed by atoms with Crippen molar-refractivity contribution in [2.45, 2.75) is 6.10 Å². The van der Waals surface area contributed by atoms with Gasteiger partial charge in [0.25, 0.3) is 0 Å². The number of carbonyl (C=O) groups is 1. The summed E-state index contributed by atoms with van der Waals surface area (Å²) in [5, 5.41) is 0.